The number of carbonyl (C=O) groups excluding carboxylic acids is 2. The second-order valence-corrected chi connectivity index (χ2v) is 4.88. The monoisotopic (exact) mass is 269 g/mol. The maximum atomic E-state index is 12.1. The number of fused-ring (bicyclic) bond motifs is 1. The van der Waals surface area contributed by atoms with Gasteiger partial charge in [0.2, 0.25) is 0 Å². The van der Waals surface area contributed by atoms with E-state index in [1.54, 1.807) is 24.3 Å². The van der Waals surface area contributed by atoms with Crippen LogP contribution in [0.15, 0.2) is 36.5 Å². The Morgan fingerprint density at radius 1 is 1.00 bits per heavy atom. The first-order valence-electron chi connectivity index (χ1n) is 6.62. The molecule has 0 saturated heterocycles. The summed E-state index contributed by atoms with van der Waals surface area (Å²) in [5.74, 6) is -0.385. The van der Waals surface area contributed by atoms with E-state index in [0.717, 1.165) is 5.69 Å². The Morgan fingerprint density at radius 3 is 2.20 bits per heavy atom. The summed E-state index contributed by atoms with van der Waals surface area (Å²) in [6, 6.07) is 8.89. The molecule has 0 saturated carbocycles. The smallest absolute Gasteiger partial charge is 0.261 e. The molecule has 0 N–H and O–H groups in total. The third kappa shape index (κ3) is 2.11. The van der Waals surface area contributed by atoms with Gasteiger partial charge in [0.25, 0.3) is 11.8 Å². The highest BCUT2D eigenvalue weighted by Crippen LogP contribution is 2.22. The Balaban J connectivity index is 1.65. The Morgan fingerprint density at radius 2 is 1.65 bits per heavy atom. The Hall–Kier alpha value is -2.43. The van der Waals surface area contributed by atoms with Crippen LogP contribution in [0.3, 0.4) is 0 Å². The van der Waals surface area contributed by atoms with Crippen molar-refractivity contribution >= 4 is 11.8 Å². The summed E-state index contributed by atoms with van der Waals surface area (Å²) < 4.78 is 1.83. The molecule has 0 fully saturated rings. The maximum absolute atomic E-state index is 12.1. The molecule has 1 aliphatic heterocycles. The lowest BCUT2D eigenvalue weighted by Crippen LogP contribution is -2.31. The van der Waals surface area contributed by atoms with Crippen molar-refractivity contribution < 1.29 is 9.59 Å². The quantitative estimate of drug-likeness (QED) is 0.796. The fourth-order valence-electron chi connectivity index (χ4n) is 2.42. The molecule has 2 amide bonds. The SMILES string of the molecule is Cc1ccn(CCCN2C(=O)c3ccccc3C2=O)n1. The zero-order valence-corrected chi connectivity index (χ0v) is 11.2. The lowest BCUT2D eigenvalue weighted by molar-refractivity contribution is 0.0650. The predicted molar refractivity (Wildman–Crippen MR) is 73.4 cm³/mol. The number of hydrogen-bond donors (Lipinski definition) is 0. The van der Waals surface area contributed by atoms with Crippen molar-refractivity contribution in [2.24, 2.45) is 0 Å². The third-order valence-electron chi connectivity index (χ3n) is 3.42. The van der Waals surface area contributed by atoms with Gasteiger partial charge in [0.05, 0.1) is 16.8 Å². The highest BCUT2D eigenvalue weighted by Gasteiger charge is 2.34. The van der Waals surface area contributed by atoms with E-state index in [0.29, 0.717) is 30.6 Å². The third-order valence-corrected chi connectivity index (χ3v) is 3.42. The van der Waals surface area contributed by atoms with Crippen molar-refractivity contribution in [1.29, 1.82) is 0 Å². The van der Waals surface area contributed by atoms with E-state index in [-0.39, 0.29) is 11.8 Å². The van der Waals surface area contributed by atoms with Crippen LogP contribution in [0.1, 0.15) is 32.8 Å². The van der Waals surface area contributed by atoms with Gasteiger partial charge in [-0.3, -0.25) is 19.2 Å². The number of nitrogens with zero attached hydrogens (tertiary/aromatic N) is 3. The summed E-state index contributed by atoms with van der Waals surface area (Å²) in [5.41, 5.74) is 1.98. The molecule has 5 heteroatoms. The summed E-state index contributed by atoms with van der Waals surface area (Å²) in [6.07, 6.45) is 2.60. The maximum Gasteiger partial charge on any atom is 0.261 e. The first-order valence-corrected chi connectivity index (χ1v) is 6.62. The van der Waals surface area contributed by atoms with E-state index >= 15 is 0 Å². The minimum atomic E-state index is -0.192. The molecule has 102 valence electrons. The van der Waals surface area contributed by atoms with Crippen LogP contribution in [-0.4, -0.2) is 33.0 Å². The van der Waals surface area contributed by atoms with Gasteiger partial charge in [-0.05, 0) is 31.5 Å². The zero-order valence-electron chi connectivity index (χ0n) is 11.2. The van der Waals surface area contributed by atoms with Gasteiger partial charge in [-0.2, -0.15) is 5.10 Å². The molecule has 0 atom stereocenters. The van der Waals surface area contributed by atoms with Crippen LogP contribution in [0, 0.1) is 6.92 Å². The largest absolute Gasteiger partial charge is 0.274 e. The summed E-state index contributed by atoms with van der Waals surface area (Å²) >= 11 is 0. The van der Waals surface area contributed by atoms with Crippen LogP contribution in [-0.2, 0) is 6.54 Å². The molecular formula is C15H15N3O2. The minimum absolute atomic E-state index is 0.192. The number of rotatable bonds is 4. The van der Waals surface area contributed by atoms with Gasteiger partial charge in [-0.25, -0.2) is 0 Å². The minimum Gasteiger partial charge on any atom is -0.274 e. The van der Waals surface area contributed by atoms with Gasteiger partial charge in [-0.1, -0.05) is 12.1 Å². The molecule has 0 spiro atoms. The van der Waals surface area contributed by atoms with Crippen LogP contribution in [0.2, 0.25) is 0 Å². The van der Waals surface area contributed by atoms with Gasteiger partial charge >= 0.3 is 0 Å². The second-order valence-electron chi connectivity index (χ2n) is 4.88. The van der Waals surface area contributed by atoms with Gasteiger partial charge in [0.1, 0.15) is 0 Å². The Kier molecular flexibility index (Phi) is 3.10. The lowest BCUT2D eigenvalue weighted by Gasteiger charge is -2.13. The standard InChI is InChI=1S/C15H15N3O2/c1-11-7-10-17(16-11)8-4-9-18-14(19)12-5-2-3-6-13(12)15(18)20/h2-3,5-7,10H,4,8-9H2,1H3. The Labute approximate surface area is 116 Å². The van der Waals surface area contributed by atoms with Gasteiger partial charge in [0, 0.05) is 19.3 Å². The molecule has 1 aliphatic rings. The average Bonchev–Trinajstić information content (AvgIpc) is 2.97. The molecule has 0 bridgehead atoms. The molecule has 3 rings (SSSR count). The van der Waals surface area contributed by atoms with Crippen molar-refractivity contribution in [3.63, 3.8) is 0 Å². The first-order chi connectivity index (χ1) is 9.66. The fourth-order valence-corrected chi connectivity index (χ4v) is 2.42. The summed E-state index contributed by atoms with van der Waals surface area (Å²) in [7, 11) is 0. The molecule has 2 heterocycles. The van der Waals surface area contributed by atoms with Gasteiger partial charge < -0.3 is 0 Å². The molecule has 1 aromatic carbocycles. The molecule has 2 aromatic rings. The summed E-state index contributed by atoms with van der Waals surface area (Å²) in [6.45, 7) is 3.05. The van der Waals surface area contributed by atoms with E-state index in [1.807, 2.05) is 23.9 Å². The van der Waals surface area contributed by atoms with Crippen LogP contribution >= 0.6 is 0 Å². The number of carbonyl (C=O) groups is 2. The number of aryl methyl sites for hydroxylation is 2. The molecule has 0 aliphatic carbocycles. The topological polar surface area (TPSA) is 55.2 Å². The van der Waals surface area contributed by atoms with E-state index in [4.69, 9.17) is 0 Å². The second kappa shape index (κ2) is 4.92. The van der Waals surface area contributed by atoms with E-state index in [2.05, 4.69) is 5.10 Å². The van der Waals surface area contributed by atoms with Crippen LogP contribution < -0.4 is 0 Å². The van der Waals surface area contributed by atoms with Crippen molar-refractivity contribution in [2.45, 2.75) is 19.9 Å². The lowest BCUT2D eigenvalue weighted by atomic mass is 10.1. The van der Waals surface area contributed by atoms with Crippen molar-refractivity contribution in [3.05, 3.63) is 53.3 Å². The molecule has 1 aromatic heterocycles. The average molecular weight is 269 g/mol. The van der Waals surface area contributed by atoms with Crippen LogP contribution in [0.4, 0.5) is 0 Å². The van der Waals surface area contributed by atoms with Crippen molar-refractivity contribution in [1.82, 2.24) is 14.7 Å². The molecule has 0 unspecified atom stereocenters. The van der Waals surface area contributed by atoms with Gasteiger partial charge in [-0.15, -0.1) is 0 Å². The van der Waals surface area contributed by atoms with Crippen molar-refractivity contribution in [2.75, 3.05) is 6.54 Å². The summed E-state index contributed by atoms with van der Waals surface area (Å²) in [5, 5.41) is 4.28. The summed E-state index contributed by atoms with van der Waals surface area (Å²) in [4.78, 5) is 25.6. The van der Waals surface area contributed by atoms with Crippen LogP contribution in [0.5, 0.6) is 0 Å². The van der Waals surface area contributed by atoms with Crippen molar-refractivity contribution in [3.8, 4) is 0 Å². The Bertz CT molecular complexity index is 640. The zero-order chi connectivity index (χ0) is 14.1. The normalized spacial score (nSPS) is 13.9. The van der Waals surface area contributed by atoms with Crippen LogP contribution in [0.25, 0.3) is 0 Å². The highest BCUT2D eigenvalue weighted by molar-refractivity contribution is 6.21. The number of imide groups is 1. The number of hydrogen-bond acceptors (Lipinski definition) is 3. The first kappa shape index (κ1) is 12.6. The van der Waals surface area contributed by atoms with E-state index < -0.39 is 0 Å². The molecular weight excluding hydrogens is 254 g/mol. The number of benzene rings is 1. The molecule has 0 radical (unpaired) electrons. The molecule has 5 nitrogen and oxygen atoms in total. The van der Waals surface area contributed by atoms with E-state index in [1.165, 1.54) is 4.90 Å². The fraction of sp³-hybridized carbons (Fsp3) is 0.267. The van der Waals surface area contributed by atoms with E-state index in [9.17, 15) is 9.59 Å². The highest BCUT2D eigenvalue weighted by atomic mass is 16.2. The predicted octanol–water partition coefficient (Wildman–Crippen LogP) is 1.88. The van der Waals surface area contributed by atoms with Gasteiger partial charge in [0.15, 0.2) is 0 Å². The number of amides is 2. The molecule has 20 heavy (non-hydrogen) atoms. The number of aromatic nitrogens is 2.